The van der Waals surface area contributed by atoms with Crippen LogP contribution >= 0.6 is 31.9 Å². The maximum Gasteiger partial charge on any atom is 0.120 e. The molecule has 1 atom stereocenters. The zero-order chi connectivity index (χ0) is 12.3. The van der Waals surface area contributed by atoms with Gasteiger partial charge in [-0.3, -0.25) is 0 Å². The van der Waals surface area contributed by atoms with Crippen LogP contribution in [0.2, 0.25) is 0 Å². The Morgan fingerprint density at radius 2 is 2.06 bits per heavy atom. The minimum absolute atomic E-state index is 0.215. The molecule has 2 rings (SSSR count). The van der Waals surface area contributed by atoms with Gasteiger partial charge in [-0.1, -0.05) is 6.07 Å². The van der Waals surface area contributed by atoms with Crippen molar-refractivity contribution in [3.05, 3.63) is 56.9 Å². The van der Waals surface area contributed by atoms with E-state index in [0.29, 0.717) is 0 Å². The molecule has 0 aliphatic carbocycles. The lowest BCUT2D eigenvalue weighted by Crippen LogP contribution is -2.17. The first-order valence-corrected chi connectivity index (χ1v) is 6.96. The molecule has 1 aromatic heterocycles. The summed E-state index contributed by atoms with van der Waals surface area (Å²) in [6.45, 7) is 2.90. The number of halogens is 2. The van der Waals surface area contributed by atoms with Crippen molar-refractivity contribution in [1.29, 1.82) is 0 Å². The molecule has 2 aromatic rings. The van der Waals surface area contributed by atoms with E-state index in [1.165, 1.54) is 5.56 Å². The lowest BCUT2D eigenvalue weighted by Gasteiger charge is -2.11. The SMILES string of the molecule is C[C@@H](NCc1ccc(Br)c(Br)c1)c1ccco1. The summed E-state index contributed by atoms with van der Waals surface area (Å²) in [7, 11) is 0. The van der Waals surface area contributed by atoms with E-state index in [4.69, 9.17) is 4.42 Å². The number of nitrogens with one attached hydrogen (secondary N) is 1. The van der Waals surface area contributed by atoms with Crippen molar-refractivity contribution in [3.63, 3.8) is 0 Å². The Labute approximate surface area is 118 Å². The topological polar surface area (TPSA) is 25.2 Å². The molecule has 0 aliphatic rings. The molecular weight excluding hydrogens is 346 g/mol. The molecule has 1 heterocycles. The minimum Gasteiger partial charge on any atom is -0.468 e. The van der Waals surface area contributed by atoms with E-state index in [1.54, 1.807) is 6.26 Å². The average molecular weight is 359 g/mol. The Morgan fingerprint density at radius 3 is 2.71 bits per heavy atom. The smallest absolute Gasteiger partial charge is 0.120 e. The van der Waals surface area contributed by atoms with Gasteiger partial charge in [-0.05, 0) is 68.6 Å². The highest BCUT2D eigenvalue weighted by atomic mass is 79.9. The summed E-state index contributed by atoms with van der Waals surface area (Å²) >= 11 is 6.96. The highest BCUT2D eigenvalue weighted by molar-refractivity contribution is 9.13. The van der Waals surface area contributed by atoms with Crippen LogP contribution < -0.4 is 5.32 Å². The summed E-state index contributed by atoms with van der Waals surface area (Å²) < 4.78 is 7.49. The fourth-order valence-electron chi connectivity index (χ4n) is 1.56. The molecule has 90 valence electrons. The van der Waals surface area contributed by atoms with Gasteiger partial charge in [0.15, 0.2) is 0 Å². The largest absolute Gasteiger partial charge is 0.468 e. The third-order valence-corrected chi connectivity index (χ3v) is 4.45. The van der Waals surface area contributed by atoms with Crippen molar-refractivity contribution in [2.75, 3.05) is 0 Å². The van der Waals surface area contributed by atoms with Gasteiger partial charge < -0.3 is 9.73 Å². The van der Waals surface area contributed by atoms with E-state index >= 15 is 0 Å². The molecule has 4 heteroatoms. The van der Waals surface area contributed by atoms with Crippen LogP contribution in [0.5, 0.6) is 0 Å². The Morgan fingerprint density at radius 1 is 1.24 bits per heavy atom. The quantitative estimate of drug-likeness (QED) is 0.860. The summed E-state index contributed by atoms with van der Waals surface area (Å²) in [5.41, 5.74) is 1.23. The summed E-state index contributed by atoms with van der Waals surface area (Å²) in [5, 5.41) is 3.42. The zero-order valence-electron chi connectivity index (χ0n) is 9.41. The number of furan rings is 1. The van der Waals surface area contributed by atoms with Crippen molar-refractivity contribution < 1.29 is 4.42 Å². The van der Waals surface area contributed by atoms with Crippen LogP contribution in [0, 0.1) is 0 Å². The molecule has 0 saturated heterocycles. The van der Waals surface area contributed by atoms with Crippen LogP contribution in [0.1, 0.15) is 24.3 Å². The second kappa shape index (κ2) is 5.85. The molecule has 1 aromatic carbocycles. The average Bonchev–Trinajstić information content (AvgIpc) is 2.84. The molecule has 0 saturated carbocycles. The van der Waals surface area contributed by atoms with Crippen LogP contribution in [-0.4, -0.2) is 0 Å². The van der Waals surface area contributed by atoms with E-state index in [-0.39, 0.29) is 6.04 Å². The molecule has 2 nitrogen and oxygen atoms in total. The maximum absolute atomic E-state index is 5.35. The van der Waals surface area contributed by atoms with Gasteiger partial charge in [0.1, 0.15) is 5.76 Å². The third-order valence-electron chi connectivity index (χ3n) is 2.57. The molecule has 0 aliphatic heterocycles. The molecular formula is C13H13Br2NO. The lowest BCUT2D eigenvalue weighted by molar-refractivity contribution is 0.430. The maximum atomic E-state index is 5.35. The summed E-state index contributed by atoms with van der Waals surface area (Å²) in [4.78, 5) is 0. The van der Waals surface area contributed by atoms with E-state index in [9.17, 15) is 0 Å². The molecule has 0 amide bonds. The first-order valence-electron chi connectivity index (χ1n) is 5.37. The third kappa shape index (κ3) is 3.44. The summed E-state index contributed by atoms with van der Waals surface area (Å²) in [5.74, 6) is 0.959. The minimum atomic E-state index is 0.215. The van der Waals surface area contributed by atoms with Gasteiger partial charge in [-0.15, -0.1) is 0 Å². The van der Waals surface area contributed by atoms with E-state index in [1.807, 2.05) is 18.2 Å². The molecule has 0 spiro atoms. The van der Waals surface area contributed by atoms with Crippen molar-refractivity contribution in [2.45, 2.75) is 19.5 Å². The standard InChI is InChI=1S/C13H13Br2NO/c1-9(13-3-2-6-17-13)16-8-10-4-5-11(14)12(15)7-10/h2-7,9,16H,8H2,1H3/t9-/m1/s1. The molecule has 17 heavy (non-hydrogen) atoms. The van der Waals surface area contributed by atoms with E-state index in [2.05, 4.69) is 56.2 Å². The van der Waals surface area contributed by atoms with Crippen molar-refractivity contribution in [3.8, 4) is 0 Å². The number of rotatable bonds is 4. The monoisotopic (exact) mass is 357 g/mol. The molecule has 0 fully saturated rings. The van der Waals surface area contributed by atoms with Crippen LogP contribution in [0.15, 0.2) is 50.0 Å². The summed E-state index contributed by atoms with van der Waals surface area (Å²) in [6.07, 6.45) is 1.70. The van der Waals surface area contributed by atoms with Crippen LogP contribution in [0.3, 0.4) is 0 Å². The van der Waals surface area contributed by atoms with E-state index < -0.39 is 0 Å². The number of hydrogen-bond donors (Lipinski definition) is 1. The van der Waals surface area contributed by atoms with Crippen molar-refractivity contribution >= 4 is 31.9 Å². The first-order chi connectivity index (χ1) is 8.16. The predicted octanol–water partition coefficient (Wildman–Crippen LogP) is 4.66. The van der Waals surface area contributed by atoms with Gasteiger partial charge in [-0.25, -0.2) is 0 Å². The van der Waals surface area contributed by atoms with E-state index in [0.717, 1.165) is 21.3 Å². The Balaban J connectivity index is 1.96. The number of benzene rings is 1. The fraction of sp³-hybridized carbons (Fsp3) is 0.231. The molecule has 0 radical (unpaired) electrons. The van der Waals surface area contributed by atoms with Gasteiger partial charge in [0.05, 0.1) is 12.3 Å². The Bertz CT molecular complexity index is 482. The molecule has 0 bridgehead atoms. The molecule has 1 N–H and O–H groups in total. The van der Waals surface area contributed by atoms with Gasteiger partial charge in [0.2, 0.25) is 0 Å². The Kier molecular flexibility index (Phi) is 4.42. The fourth-order valence-corrected chi connectivity index (χ4v) is 2.23. The second-order valence-electron chi connectivity index (χ2n) is 3.87. The second-order valence-corrected chi connectivity index (χ2v) is 5.58. The normalized spacial score (nSPS) is 12.6. The first kappa shape index (κ1) is 12.9. The van der Waals surface area contributed by atoms with Crippen LogP contribution in [0.25, 0.3) is 0 Å². The zero-order valence-corrected chi connectivity index (χ0v) is 12.6. The van der Waals surface area contributed by atoms with Crippen LogP contribution in [-0.2, 0) is 6.54 Å². The molecule has 0 unspecified atom stereocenters. The van der Waals surface area contributed by atoms with Gasteiger partial charge in [0, 0.05) is 15.5 Å². The predicted molar refractivity (Wildman–Crippen MR) is 75.8 cm³/mol. The highest BCUT2D eigenvalue weighted by Crippen LogP contribution is 2.24. The van der Waals surface area contributed by atoms with Crippen molar-refractivity contribution in [1.82, 2.24) is 5.32 Å². The van der Waals surface area contributed by atoms with Gasteiger partial charge in [-0.2, -0.15) is 0 Å². The lowest BCUT2D eigenvalue weighted by atomic mass is 10.2. The van der Waals surface area contributed by atoms with Crippen LogP contribution in [0.4, 0.5) is 0 Å². The highest BCUT2D eigenvalue weighted by Gasteiger charge is 2.07. The number of hydrogen-bond acceptors (Lipinski definition) is 2. The summed E-state index contributed by atoms with van der Waals surface area (Å²) in [6, 6.07) is 10.3. The van der Waals surface area contributed by atoms with Crippen molar-refractivity contribution in [2.24, 2.45) is 0 Å². The van der Waals surface area contributed by atoms with Gasteiger partial charge >= 0.3 is 0 Å². The Hall–Kier alpha value is -0.580. The van der Waals surface area contributed by atoms with Gasteiger partial charge in [0.25, 0.3) is 0 Å².